The summed E-state index contributed by atoms with van der Waals surface area (Å²) in [6.07, 6.45) is 0. The number of Topliss-reactive ketones (excluding diaryl/α,β-unsaturated/α-hetero) is 1. The Hall–Kier alpha value is -0.120. The maximum Gasteiger partial charge on any atom is 0.159 e. The highest BCUT2D eigenvalue weighted by molar-refractivity contribution is 6.35. The van der Waals surface area contributed by atoms with Crippen LogP contribution in [0.25, 0.3) is 0 Å². The van der Waals surface area contributed by atoms with Gasteiger partial charge in [0, 0.05) is 24.5 Å². The van der Waals surface area contributed by atoms with Crippen LogP contribution >= 0.6 is 11.6 Å². The third-order valence-corrected chi connectivity index (χ3v) is 3.78. The molecule has 0 bridgehead atoms. The van der Waals surface area contributed by atoms with Crippen molar-refractivity contribution in [3.63, 3.8) is 0 Å². The molecule has 2 atom stereocenters. The van der Waals surface area contributed by atoms with E-state index in [-0.39, 0.29) is 22.6 Å². The van der Waals surface area contributed by atoms with Crippen LogP contribution in [0.2, 0.25) is 0 Å². The van der Waals surface area contributed by atoms with E-state index in [4.69, 9.17) is 16.3 Å². The first kappa shape index (κ1) is 10.4. The van der Waals surface area contributed by atoms with E-state index >= 15 is 0 Å². The van der Waals surface area contributed by atoms with Gasteiger partial charge in [-0.3, -0.25) is 9.69 Å². The van der Waals surface area contributed by atoms with Gasteiger partial charge in [0.05, 0.1) is 13.2 Å². The summed E-state index contributed by atoms with van der Waals surface area (Å²) in [5, 5.41) is -0.317. The zero-order valence-electron chi connectivity index (χ0n) is 8.62. The average molecular weight is 218 g/mol. The number of rotatable bonds is 1. The number of ketones is 1. The fourth-order valence-electron chi connectivity index (χ4n) is 2.41. The number of hydrogen-bond acceptors (Lipinski definition) is 3. The summed E-state index contributed by atoms with van der Waals surface area (Å²) in [5.74, 6) is 0.177. The number of carbonyl (C=O) groups is 1. The van der Waals surface area contributed by atoms with Crippen molar-refractivity contribution in [1.82, 2.24) is 4.90 Å². The summed E-state index contributed by atoms with van der Waals surface area (Å²) in [4.78, 5) is 13.8. The van der Waals surface area contributed by atoms with Crippen molar-refractivity contribution < 1.29 is 9.53 Å². The molecule has 1 aliphatic heterocycles. The van der Waals surface area contributed by atoms with Gasteiger partial charge >= 0.3 is 0 Å². The van der Waals surface area contributed by atoms with Crippen LogP contribution in [0.1, 0.15) is 13.8 Å². The first-order chi connectivity index (χ1) is 6.55. The van der Waals surface area contributed by atoms with Crippen LogP contribution in [0.4, 0.5) is 0 Å². The maximum atomic E-state index is 11.5. The Morgan fingerprint density at radius 1 is 1.43 bits per heavy atom. The van der Waals surface area contributed by atoms with E-state index in [1.165, 1.54) is 0 Å². The van der Waals surface area contributed by atoms with Gasteiger partial charge in [0.1, 0.15) is 5.38 Å². The van der Waals surface area contributed by atoms with Gasteiger partial charge in [-0.05, 0) is 0 Å². The van der Waals surface area contributed by atoms with Crippen molar-refractivity contribution in [2.24, 2.45) is 5.41 Å². The van der Waals surface area contributed by atoms with Crippen LogP contribution in [0.15, 0.2) is 0 Å². The third kappa shape index (κ3) is 1.38. The smallest absolute Gasteiger partial charge is 0.159 e. The molecule has 0 aromatic rings. The molecule has 14 heavy (non-hydrogen) atoms. The predicted octanol–water partition coefficient (Wildman–Crippen LogP) is 0.903. The first-order valence-corrected chi connectivity index (χ1v) is 5.49. The molecule has 1 saturated carbocycles. The number of nitrogens with zero attached hydrogens (tertiary/aromatic N) is 1. The quantitative estimate of drug-likeness (QED) is 0.612. The van der Waals surface area contributed by atoms with Crippen molar-refractivity contribution in [3.05, 3.63) is 0 Å². The lowest BCUT2D eigenvalue weighted by Gasteiger charge is -2.52. The number of carbonyl (C=O) groups excluding carboxylic acids is 1. The van der Waals surface area contributed by atoms with Crippen molar-refractivity contribution in [2.45, 2.75) is 25.3 Å². The van der Waals surface area contributed by atoms with Gasteiger partial charge in [-0.15, -0.1) is 11.6 Å². The highest BCUT2D eigenvalue weighted by Crippen LogP contribution is 2.43. The normalized spacial score (nSPS) is 38.1. The maximum absolute atomic E-state index is 11.5. The molecule has 3 nitrogen and oxygen atoms in total. The van der Waals surface area contributed by atoms with E-state index in [2.05, 4.69) is 4.90 Å². The number of alkyl halides is 1. The lowest BCUT2D eigenvalue weighted by atomic mass is 9.64. The van der Waals surface area contributed by atoms with E-state index < -0.39 is 0 Å². The van der Waals surface area contributed by atoms with Crippen LogP contribution < -0.4 is 0 Å². The molecule has 0 radical (unpaired) electrons. The molecule has 4 heteroatoms. The Balaban J connectivity index is 2.06. The van der Waals surface area contributed by atoms with Crippen molar-refractivity contribution in [2.75, 3.05) is 26.3 Å². The molecular formula is C10H16ClNO2. The molecule has 1 aliphatic carbocycles. The van der Waals surface area contributed by atoms with E-state index in [9.17, 15) is 4.79 Å². The van der Waals surface area contributed by atoms with Crippen LogP contribution in [-0.4, -0.2) is 48.4 Å². The van der Waals surface area contributed by atoms with Crippen LogP contribution in [-0.2, 0) is 9.53 Å². The van der Waals surface area contributed by atoms with Gasteiger partial charge in [0.2, 0.25) is 0 Å². The highest BCUT2D eigenvalue weighted by Gasteiger charge is 2.57. The molecule has 0 N–H and O–H groups in total. The Morgan fingerprint density at radius 3 is 2.50 bits per heavy atom. The summed E-state index contributed by atoms with van der Waals surface area (Å²) < 4.78 is 5.28. The highest BCUT2D eigenvalue weighted by atomic mass is 35.5. The number of morpholine rings is 1. The molecule has 80 valence electrons. The van der Waals surface area contributed by atoms with Crippen LogP contribution in [0.5, 0.6) is 0 Å². The first-order valence-electron chi connectivity index (χ1n) is 5.05. The van der Waals surface area contributed by atoms with E-state index in [0.717, 1.165) is 26.3 Å². The van der Waals surface area contributed by atoms with Crippen molar-refractivity contribution >= 4 is 17.4 Å². The second kappa shape index (κ2) is 3.47. The molecule has 0 spiro atoms. The number of ether oxygens (including phenoxy) is 1. The molecule has 0 aromatic heterocycles. The molecule has 2 aliphatic rings. The summed E-state index contributed by atoms with van der Waals surface area (Å²) in [6.45, 7) is 7.26. The SMILES string of the molecule is CC1(C)C(=O)C(Cl)C1N1CCOCC1. The van der Waals surface area contributed by atoms with E-state index in [1.54, 1.807) is 0 Å². The minimum absolute atomic E-state index is 0.177. The summed E-state index contributed by atoms with van der Waals surface area (Å²) in [7, 11) is 0. The van der Waals surface area contributed by atoms with Crippen LogP contribution in [0, 0.1) is 5.41 Å². The lowest BCUT2D eigenvalue weighted by Crippen LogP contribution is -2.68. The van der Waals surface area contributed by atoms with Gasteiger partial charge < -0.3 is 4.74 Å². The summed E-state index contributed by atoms with van der Waals surface area (Å²) in [6, 6.07) is 0.195. The molecular weight excluding hydrogens is 202 g/mol. The Labute approximate surface area is 89.4 Å². The van der Waals surface area contributed by atoms with Gasteiger partial charge in [-0.2, -0.15) is 0 Å². The van der Waals surface area contributed by atoms with Crippen molar-refractivity contribution in [3.8, 4) is 0 Å². The Bertz CT molecular complexity index is 249. The lowest BCUT2D eigenvalue weighted by molar-refractivity contribution is -0.147. The number of hydrogen-bond donors (Lipinski definition) is 0. The Kier molecular flexibility index (Phi) is 2.58. The minimum Gasteiger partial charge on any atom is -0.379 e. The van der Waals surface area contributed by atoms with E-state index in [1.807, 2.05) is 13.8 Å². The molecule has 1 saturated heterocycles. The predicted molar refractivity (Wildman–Crippen MR) is 54.6 cm³/mol. The van der Waals surface area contributed by atoms with E-state index in [0.29, 0.717) is 0 Å². The van der Waals surface area contributed by atoms with Gasteiger partial charge in [-0.1, -0.05) is 13.8 Å². The molecule has 1 heterocycles. The molecule has 2 rings (SSSR count). The number of halogens is 1. The average Bonchev–Trinajstić information content (AvgIpc) is 2.18. The van der Waals surface area contributed by atoms with Gasteiger partial charge in [0.15, 0.2) is 5.78 Å². The molecule has 0 aromatic carbocycles. The summed E-state index contributed by atoms with van der Waals surface area (Å²) in [5.41, 5.74) is -0.274. The molecule has 2 fully saturated rings. The topological polar surface area (TPSA) is 29.5 Å². The van der Waals surface area contributed by atoms with Gasteiger partial charge in [-0.25, -0.2) is 0 Å². The fraction of sp³-hybridized carbons (Fsp3) is 0.900. The largest absolute Gasteiger partial charge is 0.379 e. The Morgan fingerprint density at radius 2 is 2.00 bits per heavy atom. The molecule has 0 amide bonds. The fourth-order valence-corrected chi connectivity index (χ4v) is 3.17. The standard InChI is InChI=1S/C10H16ClNO2/c1-10(2)8(7(11)9(10)13)12-3-5-14-6-4-12/h7-8H,3-6H2,1-2H3. The second-order valence-corrected chi connectivity index (χ2v) is 5.05. The monoisotopic (exact) mass is 217 g/mol. The van der Waals surface area contributed by atoms with Crippen molar-refractivity contribution in [1.29, 1.82) is 0 Å². The van der Waals surface area contributed by atoms with Crippen LogP contribution in [0.3, 0.4) is 0 Å². The third-order valence-electron chi connectivity index (χ3n) is 3.34. The zero-order valence-corrected chi connectivity index (χ0v) is 9.38. The molecule has 2 unspecified atom stereocenters. The zero-order chi connectivity index (χ0) is 10.3. The van der Waals surface area contributed by atoms with Gasteiger partial charge in [0.25, 0.3) is 0 Å². The second-order valence-electron chi connectivity index (χ2n) is 4.58. The minimum atomic E-state index is -0.317. The summed E-state index contributed by atoms with van der Waals surface area (Å²) >= 11 is 6.05.